The zero-order valence-corrected chi connectivity index (χ0v) is 14.0. The molecule has 22 heavy (non-hydrogen) atoms. The molecule has 0 saturated carbocycles. The molecule has 4 nitrogen and oxygen atoms in total. The molecular formula is C18H24N2O2. The molecule has 4 heteroatoms. The van der Waals surface area contributed by atoms with Crippen LogP contribution < -0.4 is 5.43 Å². The lowest BCUT2D eigenvalue weighted by molar-refractivity contribution is -0.132. The summed E-state index contributed by atoms with van der Waals surface area (Å²) in [6.45, 7) is 9.47. The Morgan fingerprint density at radius 3 is 2.50 bits per heavy atom. The van der Waals surface area contributed by atoms with Gasteiger partial charge in [0.15, 0.2) is 0 Å². The van der Waals surface area contributed by atoms with Crippen LogP contribution in [0.4, 0.5) is 0 Å². The zero-order chi connectivity index (χ0) is 16.8. The van der Waals surface area contributed by atoms with E-state index in [2.05, 4.69) is 17.3 Å². The van der Waals surface area contributed by atoms with E-state index in [1.165, 1.54) is 5.01 Å². The van der Waals surface area contributed by atoms with Crippen LogP contribution in [-0.2, 0) is 4.79 Å². The summed E-state index contributed by atoms with van der Waals surface area (Å²) in [7, 11) is 0. The minimum atomic E-state index is -0.558. The van der Waals surface area contributed by atoms with E-state index in [0.717, 1.165) is 12.0 Å². The quantitative estimate of drug-likeness (QED) is 0.674. The van der Waals surface area contributed by atoms with Crippen molar-refractivity contribution in [1.29, 1.82) is 0 Å². The Balaban J connectivity index is 2.93. The number of rotatable bonds is 2. The number of hydrazine groups is 1. The molecule has 0 unspecified atom stereocenters. The van der Waals surface area contributed by atoms with Crippen LogP contribution in [0.1, 0.15) is 56.5 Å². The Kier molecular flexibility index (Phi) is 6.18. The van der Waals surface area contributed by atoms with Gasteiger partial charge in [0.25, 0.3) is 5.91 Å². The van der Waals surface area contributed by atoms with Crippen molar-refractivity contribution >= 4 is 11.8 Å². The lowest BCUT2D eigenvalue weighted by Gasteiger charge is -2.33. The molecule has 1 N–H and O–H groups in total. The number of hydrogen-bond acceptors (Lipinski definition) is 2. The minimum absolute atomic E-state index is 0.315. The van der Waals surface area contributed by atoms with Crippen LogP contribution in [0.15, 0.2) is 24.3 Å². The number of hydrogen-bond donors (Lipinski definition) is 1. The maximum atomic E-state index is 12.3. The third-order valence-corrected chi connectivity index (χ3v) is 2.94. The summed E-state index contributed by atoms with van der Waals surface area (Å²) in [6, 6.07) is 7.23. The number of carbonyl (C=O) groups is 2. The van der Waals surface area contributed by atoms with Gasteiger partial charge < -0.3 is 0 Å². The Bertz CT molecular complexity index is 603. The van der Waals surface area contributed by atoms with Crippen molar-refractivity contribution in [2.24, 2.45) is 0 Å². The van der Waals surface area contributed by atoms with E-state index >= 15 is 0 Å². The molecule has 1 rings (SSSR count). The first-order valence-electron chi connectivity index (χ1n) is 7.46. The number of benzene rings is 1. The van der Waals surface area contributed by atoms with Crippen molar-refractivity contribution in [1.82, 2.24) is 10.4 Å². The Labute approximate surface area is 132 Å². The van der Waals surface area contributed by atoms with E-state index in [1.54, 1.807) is 12.1 Å². The van der Waals surface area contributed by atoms with Gasteiger partial charge in [-0.3, -0.25) is 15.0 Å². The highest BCUT2D eigenvalue weighted by molar-refractivity contribution is 5.99. The van der Waals surface area contributed by atoms with Gasteiger partial charge in [-0.25, -0.2) is 5.01 Å². The molecule has 1 aromatic rings. The van der Waals surface area contributed by atoms with Gasteiger partial charge in [-0.05, 0) is 52.2 Å². The third kappa shape index (κ3) is 5.25. The standard InChI is InChI=1S/C18H24N2O2/c1-6-7-8-12-16(21)20(18(3,4)5)19-17(22)15-11-9-10-14(2)13-15/h9-11,13H,6-7H2,1-5H3,(H,19,22). The lowest BCUT2D eigenvalue weighted by Crippen LogP contribution is -2.55. The summed E-state index contributed by atoms with van der Waals surface area (Å²) in [6.07, 6.45) is 1.56. The fourth-order valence-corrected chi connectivity index (χ4v) is 1.79. The summed E-state index contributed by atoms with van der Waals surface area (Å²) in [5.41, 5.74) is 3.62. The van der Waals surface area contributed by atoms with Crippen LogP contribution in [0, 0.1) is 18.8 Å². The molecule has 2 amide bonds. The number of amides is 2. The number of unbranched alkanes of at least 4 members (excludes halogenated alkanes) is 1. The normalized spacial score (nSPS) is 10.4. The zero-order valence-electron chi connectivity index (χ0n) is 14.0. The summed E-state index contributed by atoms with van der Waals surface area (Å²) in [4.78, 5) is 24.6. The average molecular weight is 300 g/mol. The second kappa shape index (κ2) is 7.65. The highest BCUT2D eigenvalue weighted by atomic mass is 16.2. The number of nitrogens with one attached hydrogen (secondary N) is 1. The third-order valence-electron chi connectivity index (χ3n) is 2.94. The summed E-state index contributed by atoms with van der Waals surface area (Å²) in [5, 5.41) is 1.29. The van der Waals surface area contributed by atoms with Gasteiger partial charge in [-0.15, -0.1) is 0 Å². The van der Waals surface area contributed by atoms with Crippen LogP contribution in [-0.4, -0.2) is 22.4 Å². The first-order chi connectivity index (χ1) is 10.3. The Hall–Kier alpha value is -2.28. The molecule has 0 spiro atoms. The van der Waals surface area contributed by atoms with Crippen LogP contribution in [0.2, 0.25) is 0 Å². The topological polar surface area (TPSA) is 49.4 Å². The largest absolute Gasteiger partial charge is 0.317 e. The molecule has 0 saturated heterocycles. The summed E-state index contributed by atoms with van der Waals surface area (Å²) < 4.78 is 0. The van der Waals surface area contributed by atoms with Gasteiger partial charge in [0.1, 0.15) is 0 Å². The SMILES string of the molecule is CCCC#CC(=O)N(NC(=O)c1cccc(C)c1)C(C)(C)C. The fraction of sp³-hybridized carbons (Fsp3) is 0.444. The van der Waals surface area contributed by atoms with Crippen LogP contribution in [0.25, 0.3) is 0 Å². The van der Waals surface area contributed by atoms with Gasteiger partial charge in [0.2, 0.25) is 0 Å². The van der Waals surface area contributed by atoms with E-state index in [-0.39, 0.29) is 5.91 Å². The molecule has 118 valence electrons. The molecule has 0 atom stereocenters. The molecular weight excluding hydrogens is 276 g/mol. The van der Waals surface area contributed by atoms with Gasteiger partial charge in [-0.2, -0.15) is 0 Å². The van der Waals surface area contributed by atoms with Crippen molar-refractivity contribution in [2.45, 2.75) is 53.0 Å². The van der Waals surface area contributed by atoms with Crippen molar-refractivity contribution in [2.75, 3.05) is 0 Å². The number of nitrogens with zero attached hydrogens (tertiary/aromatic N) is 1. The fourth-order valence-electron chi connectivity index (χ4n) is 1.79. The predicted octanol–water partition coefficient (Wildman–Crippen LogP) is 3.07. The molecule has 0 aromatic heterocycles. The number of carbonyl (C=O) groups excluding carboxylic acids is 2. The Morgan fingerprint density at radius 1 is 1.27 bits per heavy atom. The average Bonchev–Trinajstić information content (AvgIpc) is 2.43. The van der Waals surface area contributed by atoms with E-state index < -0.39 is 11.4 Å². The van der Waals surface area contributed by atoms with Crippen molar-refractivity contribution in [3.8, 4) is 11.8 Å². The monoisotopic (exact) mass is 300 g/mol. The predicted molar refractivity (Wildman–Crippen MR) is 87.9 cm³/mol. The molecule has 0 heterocycles. The molecule has 0 aliphatic heterocycles. The van der Waals surface area contributed by atoms with E-state index in [4.69, 9.17) is 0 Å². The van der Waals surface area contributed by atoms with E-state index in [9.17, 15) is 9.59 Å². The van der Waals surface area contributed by atoms with E-state index in [1.807, 2.05) is 46.8 Å². The molecule has 0 aliphatic rings. The van der Waals surface area contributed by atoms with Crippen LogP contribution in [0.5, 0.6) is 0 Å². The Morgan fingerprint density at radius 2 is 1.95 bits per heavy atom. The number of aryl methyl sites for hydroxylation is 1. The maximum Gasteiger partial charge on any atom is 0.317 e. The molecule has 0 radical (unpaired) electrons. The molecule has 0 aliphatic carbocycles. The summed E-state index contributed by atoms with van der Waals surface area (Å²) in [5.74, 6) is 4.68. The van der Waals surface area contributed by atoms with E-state index in [0.29, 0.717) is 12.0 Å². The minimum Gasteiger partial charge on any atom is -0.267 e. The summed E-state index contributed by atoms with van der Waals surface area (Å²) >= 11 is 0. The second-order valence-corrected chi connectivity index (χ2v) is 6.17. The van der Waals surface area contributed by atoms with Gasteiger partial charge >= 0.3 is 5.91 Å². The van der Waals surface area contributed by atoms with Gasteiger partial charge in [-0.1, -0.05) is 30.5 Å². The van der Waals surface area contributed by atoms with Crippen molar-refractivity contribution in [3.63, 3.8) is 0 Å². The lowest BCUT2D eigenvalue weighted by atomic mass is 10.1. The van der Waals surface area contributed by atoms with Crippen LogP contribution >= 0.6 is 0 Å². The molecule has 0 fully saturated rings. The molecule has 0 bridgehead atoms. The van der Waals surface area contributed by atoms with Crippen molar-refractivity contribution in [3.05, 3.63) is 35.4 Å². The van der Waals surface area contributed by atoms with Gasteiger partial charge in [0.05, 0.1) is 5.54 Å². The molecule has 1 aromatic carbocycles. The highest BCUT2D eigenvalue weighted by Crippen LogP contribution is 2.12. The first-order valence-corrected chi connectivity index (χ1v) is 7.46. The maximum absolute atomic E-state index is 12.3. The van der Waals surface area contributed by atoms with Gasteiger partial charge in [0, 0.05) is 12.0 Å². The van der Waals surface area contributed by atoms with Crippen molar-refractivity contribution < 1.29 is 9.59 Å². The van der Waals surface area contributed by atoms with Crippen LogP contribution in [0.3, 0.4) is 0 Å². The smallest absolute Gasteiger partial charge is 0.267 e. The highest BCUT2D eigenvalue weighted by Gasteiger charge is 2.27. The second-order valence-electron chi connectivity index (χ2n) is 6.17. The first kappa shape index (κ1) is 17.8.